The quantitative estimate of drug-likeness (QED) is 0.837. The Bertz CT molecular complexity index is 756. The topological polar surface area (TPSA) is 55.4 Å². The van der Waals surface area contributed by atoms with Crippen LogP contribution in [-0.4, -0.2) is 24.5 Å². The molecule has 0 aliphatic rings. The summed E-state index contributed by atoms with van der Waals surface area (Å²) in [7, 11) is 1.31. The number of benzene rings is 2. The van der Waals surface area contributed by atoms with Crippen LogP contribution in [0, 0.1) is 0 Å². The summed E-state index contributed by atoms with van der Waals surface area (Å²) < 4.78 is 4.68. The van der Waals surface area contributed by atoms with E-state index in [2.05, 4.69) is 10.1 Å². The van der Waals surface area contributed by atoms with E-state index in [0.717, 1.165) is 5.56 Å². The molecule has 0 saturated carbocycles. The van der Waals surface area contributed by atoms with Crippen molar-refractivity contribution in [1.82, 2.24) is 5.32 Å². The number of hydrogen-bond donors (Lipinski definition) is 1. The van der Waals surface area contributed by atoms with Gasteiger partial charge in [-0.05, 0) is 50.1 Å². The lowest BCUT2D eigenvalue weighted by Gasteiger charge is -2.27. The smallest absolute Gasteiger partial charge is 0.337 e. The van der Waals surface area contributed by atoms with Gasteiger partial charge in [0.1, 0.15) is 0 Å². The zero-order chi connectivity index (χ0) is 17.7. The molecule has 0 atom stereocenters. The van der Waals surface area contributed by atoms with Gasteiger partial charge in [0.15, 0.2) is 0 Å². The third-order valence-corrected chi connectivity index (χ3v) is 3.96. The molecule has 0 aromatic heterocycles. The van der Waals surface area contributed by atoms with Gasteiger partial charge in [-0.15, -0.1) is 0 Å². The Morgan fingerprint density at radius 2 is 1.75 bits per heavy atom. The molecule has 0 spiro atoms. The molecule has 0 heterocycles. The third-order valence-electron chi connectivity index (χ3n) is 3.59. The van der Waals surface area contributed by atoms with E-state index in [1.165, 1.54) is 13.2 Å². The van der Waals surface area contributed by atoms with Gasteiger partial charge in [-0.3, -0.25) is 4.79 Å². The molecule has 1 N–H and O–H groups in total. The monoisotopic (exact) mass is 345 g/mol. The van der Waals surface area contributed by atoms with Crippen LogP contribution in [0.4, 0.5) is 0 Å². The first kappa shape index (κ1) is 18.0. The van der Waals surface area contributed by atoms with E-state index < -0.39 is 11.5 Å². The summed E-state index contributed by atoms with van der Waals surface area (Å²) in [5.74, 6) is -0.724. The van der Waals surface area contributed by atoms with Crippen LogP contribution in [0.25, 0.3) is 0 Å². The number of rotatable bonds is 5. The van der Waals surface area contributed by atoms with Crippen LogP contribution in [0.2, 0.25) is 5.02 Å². The van der Waals surface area contributed by atoms with Gasteiger partial charge in [0.2, 0.25) is 0 Å². The maximum atomic E-state index is 12.5. The number of hydrogen-bond acceptors (Lipinski definition) is 3. The highest BCUT2D eigenvalue weighted by molar-refractivity contribution is 6.31. The second-order valence-corrected chi connectivity index (χ2v) is 6.59. The van der Waals surface area contributed by atoms with E-state index in [-0.39, 0.29) is 5.91 Å². The van der Waals surface area contributed by atoms with E-state index in [9.17, 15) is 9.59 Å². The zero-order valence-electron chi connectivity index (χ0n) is 13.9. The summed E-state index contributed by atoms with van der Waals surface area (Å²) in [6, 6.07) is 14.0. The first-order valence-electron chi connectivity index (χ1n) is 7.57. The Kier molecular flexibility index (Phi) is 5.62. The van der Waals surface area contributed by atoms with Crippen molar-refractivity contribution in [2.45, 2.75) is 25.8 Å². The van der Waals surface area contributed by atoms with Gasteiger partial charge in [-0.2, -0.15) is 0 Å². The summed E-state index contributed by atoms with van der Waals surface area (Å²) in [5.41, 5.74) is 1.22. The highest BCUT2D eigenvalue weighted by Crippen LogP contribution is 2.21. The summed E-state index contributed by atoms with van der Waals surface area (Å²) in [5, 5.41) is 3.66. The second-order valence-electron chi connectivity index (χ2n) is 6.18. The lowest BCUT2D eigenvalue weighted by atomic mass is 9.94. The first-order valence-corrected chi connectivity index (χ1v) is 7.94. The highest BCUT2D eigenvalue weighted by atomic mass is 35.5. The lowest BCUT2D eigenvalue weighted by Crippen LogP contribution is -2.45. The van der Waals surface area contributed by atoms with Crippen LogP contribution in [0.5, 0.6) is 0 Å². The maximum Gasteiger partial charge on any atom is 0.337 e. The molecule has 24 heavy (non-hydrogen) atoms. The minimum absolute atomic E-state index is 0.252. The summed E-state index contributed by atoms with van der Waals surface area (Å²) in [6.07, 6.45) is 0.592. The van der Waals surface area contributed by atoms with E-state index in [0.29, 0.717) is 22.6 Å². The van der Waals surface area contributed by atoms with Gasteiger partial charge in [0.25, 0.3) is 5.91 Å². The molecule has 0 unspecified atom stereocenters. The van der Waals surface area contributed by atoms with Crippen molar-refractivity contribution in [3.8, 4) is 0 Å². The molecule has 2 aromatic rings. The number of halogens is 1. The molecule has 0 bridgehead atoms. The Hall–Kier alpha value is -2.33. The van der Waals surface area contributed by atoms with Crippen LogP contribution in [0.1, 0.15) is 40.1 Å². The molecule has 0 aliphatic heterocycles. The molecule has 5 heteroatoms. The van der Waals surface area contributed by atoms with Gasteiger partial charge in [-0.1, -0.05) is 35.9 Å². The average Bonchev–Trinajstić information content (AvgIpc) is 2.55. The minimum Gasteiger partial charge on any atom is -0.465 e. The second kappa shape index (κ2) is 7.49. The Labute approximate surface area is 146 Å². The lowest BCUT2D eigenvalue weighted by molar-refractivity contribution is 0.0600. The number of carbonyl (C=O) groups is 2. The van der Waals surface area contributed by atoms with Gasteiger partial charge in [0, 0.05) is 16.1 Å². The van der Waals surface area contributed by atoms with Crippen LogP contribution in [0.15, 0.2) is 48.5 Å². The molecule has 4 nitrogen and oxygen atoms in total. The number of nitrogens with one attached hydrogen (secondary N) is 1. The minimum atomic E-state index is -0.497. The molecular weight excluding hydrogens is 326 g/mol. The van der Waals surface area contributed by atoms with Crippen molar-refractivity contribution in [1.29, 1.82) is 0 Å². The fraction of sp³-hybridized carbons (Fsp3) is 0.263. The van der Waals surface area contributed by atoms with Crippen molar-refractivity contribution < 1.29 is 14.3 Å². The highest BCUT2D eigenvalue weighted by Gasteiger charge is 2.23. The third kappa shape index (κ3) is 4.59. The molecular formula is C19H20ClNO3. The van der Waals surface area contributed by atoms with E-state index >= 15 is 0 Å². The molecule has 0 aliphatic carbocycles. The molecule has 2 rings (SSSR count). The normalized spacial score (nSPS) is 11.0. The van der Waals surface area contributed by atoms with Gasteiger partial charge >= 0.3 is 5.97 Å². The predicted molar refractivity (Wildman–Crippen MR) is 94.5 cm³/mol. The molecule has 126 valence electrons. The van der Waals surface area contributed by atoms with Crippen molar-refractivity contribution >= 4 is 23.5 Å². The van der Waals surface area contributed by atoms with Crippen LogP contribution >= 0.6 is 11.6 Å². The fourth-order valence-corrected chi connectivity index (χ4v) is 2.65. The predicted octanol–water partition coefficient (Wildman–Crippen LogP) is 3.88. The summed E-state index contributed by atoms with van der Waals surface area (Å²) in [6.45, 7) is 3.86. The van der Waals surface area contributed by atoms with Crippen LogP contribution in [0.3, 0.4) is 0 Å². The summed E-state index contributed by atoms with van der Waals surface area (Å²) >= 11 is 6.19. The molecule has 0 fully saturated rings. The van der Waals surface area contributed by atoms with Crippen molar-refractivity contribution in [2.75, 3.05) is 7.11 Å². The molecule has 1 amide bonds. The van der Waals surface area contributed by atoms with Gasteiger partial charge in [0.05, 0.1) is 12.7 Å². The Balaban J connectivity index is 2.13. The van der Waals surface area contributed by atoms with Crippen molar-refractivity contribution in [2.24, 2.45) is 0 Å². The Morgan fingerprint density at radius 3 is 2.42 bits per heavy atom. The number of carbonyl (C=O) groups excluding carboxylic acids is 2. The maximum absolute atomic E-state index is 12.5. The van der Waals surface area contributed by atoms with E-state index in [4.69, 9.17) is 11.6 Å². The first-order chi connectivity index (χ1) is 11.3. The number of methoxy groups -OCH3 is 1. The summed E-state index contributed by atoms with van der Waals surface area (Å²) in [4.78, 5) is 24.1. The van der Waals surface area contributed by atoms with E-state index in [1.54, 1.807) is 18.2 Å². The molecule has 0 saturated heterocycles. The standard InChI is InChI=1S/C19H20ClNO3/c1-19(2,12-15-7-4-5-10-16(15)20)21-17(22)13-8-6-9-14(11-13)18(23)24-3/h4-11H,12H2,1-3H3,(H,21,22). The fourth-order valence-electron chi connectivity index (χ4n) is 2.45. The molecule has 0 radical (unpaired) electrons. The Morgan fingerprint density at radius 1 is 1.08 bits per heavy atom. The van der Waals surface area contributed by atoms with Crippen LogP contribution < -0.4 is 5.32 Å². The number of amides is 1. The van der Waals surface area contributed by atoms with E-state index in [1.807, 2.05) is 38.1 Å². The van der Waals surface area contributed by atoms with Crippen molar-refractivity contribution in [3.05, 3.63) is 70.2 Å². The number of ether oxygens (including phenoxy) is 1. The molecule has 2 aromatic carbocycles. The largest absolute Gasteiger partial charge is 0.465 e. The van der Waals surface area contributed by atoms with Crippen molar-refractivity contribution in [3.63, 3.8) is 0 Å². The zero-order valence-corrected chi connectivity index (χ0v) is 14.7. The van der Waals surface area contributed by atoms with Gasteiger partial charge < -0.3 is 10.1 Å². The van der Waals surface area contributed by atoms with Crippen LogP contribution in [-0.2, 0) is 11.2 Å². The number of esters is 1. The van der Waals surface area contributed by atoms with Gasteiger partial charge in [-0.25, -0.2) is 4.79 Å². The average molecular weight is 346 g/mol. The SMILES string of the molecule is COC(=O)c1cccc(C(=O)NC(C)(C)Cc2ccccc2Cl)c1.